The molecule has 3 aromatic rings. The zero-order chi connectivity index (χ0) is 22.0. The number of primary amides is 1. The smallest absolute Gasteiger partial charge is 0.312 e. The number of unbranched alkanes of at least 4 members (excludes halogenated alkanes) is 2. The van der Waals surface area contributed by atoms with Gasteiger partial charge < -0.3 is 16.0 Å². The number of nitrogens with zero attached hydrogens (tertiary/aromatic N) is 5. The van der Waals surface area contributed by atoms with Crippen LogP contribution >= 0.6 is 15.9 Å². The number of halogens is 1. The maximum Gasteiger partial charge on any atom is 0.312 e. The third kappa shape index (κ3) is 4.46. The van der Waals surface area contributed by atoms with Gasteiger partial charge in [0.2, 0.25) is 5.78 Å². The van der Waals surface area contributed by atoms with Gasteiger partial charge in [-0.15, -0.1) is 10.2 Å². The molecule has 162 valence electrons. The SMILES string of the molecule is CCCCCn1c2nc(Br)[nH]c2c(=O)n2c(CCNC(N)=O)nnc12.c1cc2cc-2c1. The number of carbonyl (C=O) groups is 1. The van der Waals surface area contributed by atoms with E-state index >= 15 is 0 Å². The summed E-state index contributed by atoms with van der Waals surface area (Å²) in [5, 5.41) is 10.8. The molecule has 0 saturated carbocycles. The zero-order valence-electron chi connectivity index (χ0n) is 17.1. The number of fused-ring (bicyclic) bond motifs is 3. The summed E-state index contributed by atoms with van der Waals surface area (Å²) in [5.41, 5.74) is 8.59. The zero-order valence-corrected chi connectivity index (χ0v) is 18.6. The number of nitrogens with one attached hydrogen (secondary N) is 2. The number of imidazole rings is 1. The summed E-state index contributed by atoms with van der Waals surface area (Å²) in [4.78, 5) is 31.0. The third-order valence-corrected chi connectivity index (χ3v) is 5.40. The topological polar surface area (TPSA) is 136 Å². The van der Waals surface area contributed by atoms with E-state index in [1.165, 1.54) is 15.5 Å². The highest BCUT2D eigenvalue weighted by molar-refractivity contribution is 9.10. The Bertz CT molecular complexity index is 1290. The normalized spacial score (nSPS) is 11.4. The minimum absolute atomic E-state index is 0.269. The molecule has 10 nitrogen and oxygen atoms in total. The first-order chi connectivity index (χ1) is 15.0. The number of hydrogen-bond donors (Lipinski definition) is 3. The van der Waals surface area contributed by atoms with Gasteiger partial charge in [0.25, 0.3) is 5.56 Å². The number of hydrogen-bond acceptors (Lipinski definition) is 5. The quantitative estimate of drug-likeness (QED) is 0.240. The number of benzene rings is 1. The highest BCUT2D eigenvalue weighted by Crippen LogP contribution is 2.32. The van der Waals surface area contributed by atoms with Crippen molar-refractivity contribution in [1.29, 1.82) is 0 Å². The Morgan fingerprint density at radius 2 is 2.03 bits per heavy atom. The van der Waals surface area contributed by atoms with E-state index in [1.54, 1.807) is 0 Å². The van der Waals surface area contributed by atoms with Crippen LogP contribution in [0.4, 0.5) is 4.79 Å². The van der Waals surface area contributed by atoms with E-state index in [9.17, 15) is 9.59 Å². The van der Waals surface area contributed by atoms with Crippen LogP contribution in [0.1, 0.15) is 32.0 Å². The summed E-state index contributed by atoms with van der Waals surface area (Å²) < 4.78 is 3.84. The Labute approximate surface area is 186 Å². The van der Waals surface area contributed by atoms with Crippen molar-refractivity contribution in [1.82, 2.24) is 34.4 Å². The van der Waals surface area contributed by atoms with E-state index < -0.39 is 6.03 Å². The summed E-state index contributed by atoms with van der Waals surface area (Å²) >= 11 is 3.29. The molecule has 2 aliphatic rings. The van der Waals surface area contributed by atoms with Gasteiger partial charge >= 0.3 is 6.03 Å². The van der Waals surface area contributed by atoms with Crippen molar-refractivity contribution >= 4 is 38.9 Å². The van der Waals surface area contributed by atoms with E-state index in [-0.39, 0.29) is 12.1 Å². The Morgan fingerprint density at radius 1 is 1.26 bits per heavy atom. The number of aromatic nitrogens is 6. The van der Waals surface area contributed by atoms with Gasteiger partial charge in [-0.2, -0.15) is 0 Å². The molecule has 2 amide bonds. The van der Waals surface area contributed by atoms with Crippen molar-refractivity contribution in [3.05, 3.63) is 45.2 Å². The summed E-state index contributed by atoms with van der Waals surface area (Å²) in [6.45, 7) is 3.09. The van der Waals surface area contributed by atoms with E-state index in [4.69, 9.17) is 5.73 Å². The first-order valence-corrected chi connectivity index (χ1v) is 10.9. The number of nitrogens with two attached hydrogens (primary N) is 1. The molecule has 31 heavy (non-hydrogen) atoms. The number of aryl methyl sites for hydroxylation is 1. The van der Waals surface area contributed by atoms with Crippen LogP contribution in [0.15, 0.2) is 33.8 Å². The van der Waals surface area contributed by atoms with Crippen molar-refractivity contribution in [3.63, 3.8) is 0 Å². The number of aromatic amines is 1. The van der Waals surface area contributed by atoms with Crippen molar-refractivity contribution in [2.45, 2.75) is 39.2 Å². The number of H-pyrrole nitrogens is 1. The van der Waals surface area contributed by atoms with Gasteiger partial charge in [0, 0.05) is 19.5 Å². The Kier molecular flexibility index (Phi) is 6.03. The Balaban J connectivity index is 0.000000325. The lowest BCUT2D eigenvalue weighted by Crippen LogP contribution is -2.31. The molecule has 0 aromatic carbocycles. The van der Waals surface area contributed by atoms with Crippen LogP contribution in [0.25, 0.3) is 28.1 Å². The predicted octanol–water partition coefficient (Wildman–Crippen LogP) is 2.60. The summed E-state index contributed by atoms with van der Waals surface area (Å²) in [6.07, 6.45) is 3.44. The van der Waals surface area contributed by atoms with Gasteiger partial charge in [0.15, 0.2) is 15.9 Å². The fraction of sp³-hybridized carbons (Fsp3) is 0.350. The second kappa shape index (κ2) is 8.88. The molecule has 0 aliphatic heterocycles. The molecular formula is C20H23BrN8O2. The first-order valence-electron chi connectivity index (χ1n) is 10.2. The summed E-state index contributed by atoms with van der Waals surface area (Å²) in [7, 11) is 0. The van der Waals surface area contributed by atoms with Crippen LogP contribution in [0.3, 0.4) is 0 Å². The molecule has 0 spiro atoms. The molecule has 0 atom stereocenters. The van der Waals surface area contributed by atoms with Gasteiger partial charge in [0.05, 0.1) is 0 Å². The lowest BCUT2D eigenvalue weighted by molar-refractivity contribution is 0.249. The third-order valence-electron chi connectivity index (χ3n) is 5.03. The minimum Gasteiger partial charge on any atom is -0.352 e. The van der Waals surface area contributed by atoms with E-state index in [1.807, 2.05) is 4.57 Å². The van der Waals surface area contributed by atoms with Gasteiger partial charge in [0.1, 0.15) is 5.82 Å². The molecule has 3 aromatic heterocycles. The fourth-order valence-electron chi connectivity index (χ4n) is 3.44. The van der Waals surface area contributed by atoms with Crippen LogP contribution in [0.2, 0.25) is 0 Å². The van der Waals surface area contributed by atoms with Crippen molar-refractivity contribution < 1.29 is 4.79 Å². The Hall–Kier alpha value is -3.21. The largest absolute Gasteiger partial charge is 0.352 e. The van der Waals surface area contributed by atoms with Crippen molar-refractivity contribution in [3.8, 4) is 11.1 Å². The van der Waals surface area contributed by atoms with E-state index in [0.717, 1.165) is 19.3 Å². The average Bonchev–Trinajstić information content (AvgIpc) is 3.09. The van der Waals surface area contributed by atoms with E-state index in [0.29, 0.717) is 40.5 Å². The predicted molar refractivity (Wildman–Crippen MR) is 121 cm³/mol. The number of carbonyl (C=O) groups excluding carboxylic acids is 1. The summed E-state index contributed by atoms with van der Waals surface area (Å²) in [6, 6.07) is 7.86. The highest BCUT2D eigenvalue weighted by Gasteiger charge is 2.19. The molecular weight excluding hydrogens is 464 g/mol. The minimum atomic E-state index is -0.620. The molecule has 4 N–H and O–H groups in total. The highest BCUT2D eigenvalue weighted by atomic mass is 79.9. The maximum absolute atomic E-state index is 12.8. The number of rotatable bonds is 7. The van der Waals surface area contributed by atoms with Crippen LogP contribution < -0.4 is 16.6 Å². The van der Waals surface area contributed by atoms with Crippen molar-refractivity contribution in [2.75, 3.05) is 6.54 Å². The van der Waals surface area contributed by atoms with Crippen LogP contribution in [0.5, 0.6) is 0 Å². The maximum atomic E-state index is 12.8. The van der Waals surface area contributed by atoms with Gasteiger partial charge in [-0.25, -0.2) is 14.2 Å². The molecule has 0 bridgehead atoms. The molecule has 11 heteroatoms. The molecule has 0 saturated heterocycles. The molecule has 2 aliphatic carbocycles. The lowest BCUT2D eigenvalue weighted by Gasteiger charge is -2.09. The van der Waals surface area contributed by atoms with Crippen LogP contribution in [0, 0.1) is 0 Å². The lowest BCUT2D eigenvalue weighted by atomic mass is 10.2. The van der Waals surface area contributed by atoms with E-state index in [2.05, 4.69) is 72.6 Å². The van der Waals surface area contributed by atoms with Gasteiger partial charge in [-0.3, -0.25) is 9.36 Å². The van der Waals surface area contributed by atoms with Crippen molar-refractivity contribution in [2.24, 2.45) is 5.73 Å². The average molecular weight is 487 g/mol. The van der Waals surface area contributed by atoms with Gasteiger partial charge in [-0.05, 0) is 39.5 Å². The first kappa shape index (κ1) is 21.0. The molecule has 0 radical (unpaired) electrons. The second-order valence-corrected chi connectivity index (χ2v) is 8.01. The standard InChI is InChI=1S/C14H19BrN8O2.C6H4/c1-2-3-4-7-22-10-9(18-12(15)19-10)11(24)23-8(20-21-14(22)23)5-6-17-13(16)25;1-2-5-4-6(5)3-1/h2-7H2,1H3,(H,18,19)(H3,16,17,25);1-4H. The van der Waals surface area contributed by atoms with Gasteiger partial charge in [-0.1, -0.05) is 38.0 Å². The number of amides is 2. The van der Waals surface area contributed by atoms with Crippen LogP contribution in [-0.4, -0.2) is 41.7 Å². The second-order valence-electron chi connectivity index (χ2n) is 7.26. The molecule has 3 heterocycles. The monoisotopic (exact) mass is 486 g/mol. The Morgan fingerprint density at radius 3 is 2.65 bits per heavy atom. The fourth-order valence-corrected chi connectivity index (χ4v) is 3.80. The molecule has 0 fully saturated rings. The number of urea groups is 1. The van der Waals surface area contributed by atoms with Crippen LogP contribution in [-0.2, 0) is 13.0 Å². The molecule has 0 unspecified atom stereocenters. The summed E-state index contributed by atoms with van der Waals surface area (Å²) in [5.74, 6) is 0.910. The molecule has 5 rings (SSSR count).